The van der Waals surface area contributed by atoms with Crippen molar-refractivity contribution in [1.82, 2.24) is 0 Å². The second-order valence-corrected chi connectivity index (χ2v) is 5.25. The number of hydrogen-bond acceptors (Lipinski definition) is 4. The molecule has 0 saturated carbocycles. The first kappa shape index (κ1) is 15.0. The van der Waals surface area contributed by atoms with E-state index in [9.17, 15) is 19.3 Å². The van der Waals surface area contributed by atoms with Crippen LogP contribution in [0.5, 0.6) is 0 Å². The zero-order valence-electron chi connectivity index (χ0n) is 10.9. The van der Waals surface area contributed by atoms with E-state index in [1.54, 1.807) is 20.8 Å². The Morgan fingerprint density at radius 1 is 1.47 bits per heavy atom. The lowest BCUT2D eigenvalue weighted by molar-refractivity contribution is -0.384. The molecule has 0 fully saturated rings. The molecule has 6 nitrogen and oxygen atoms in total. The summed E-state index contributed by atoms with van der Waals surface area (Å²) in [5.74, 6) is -1.30. The Bertz CT molecular complexity index is 511. The lowest BCUT2D eigenvalue weighted by atomic mass is 9.87. The van der Waals surface area contributed by atoms with Gasteiger partial charge in [0.1, 0.15) is 11.5 Å². The van der Waals surface area contributed by atoms with Crippen molar-refractivity contribution in [1.29, 1.82) is 0 Å². The van der Waals surface area contributed by atoms with Crippen LogP contribution in [-0.4, -0.2) is 16.9 Å². The van der Waals surface area contributed by atoms with Crippen molar-refractivity contribution in [2.24, 2.45) is 11.1 Å². The summed E-state index contributed by atoms with van der Waals surface area (Å²) in [5, 5.41) is 13.1. The van der Waals surface area contributed by atoms with E-state index < -0.39 is 33.8 Å². The van der Waals surface area contributed by atoms with Crippen molar-refractivity contribution in [3.8, 4) is 0 Å². The van der Waals surface area contributed by atoms with E-state index in [2.05, 4.69) is 5.32 Å². The molecule has 1 rings (SSSR count). The molecule has 0 radical (unpaired) electrons. The van der Waals surface area contributed by atoms with Gasteiger partial charge in [0.05, 0.1) is 17.0 Å². The summed E-state index contributed by atoms with van der Waals surface area (Å²) < 4.78 is 13.0. The molecule has 1 aromatic rings. The van der Waals surface area contributed by atoms with Crippen LogP contribution in [0.2, 0.25) is 0 Å². The molecule has 1 aromatic carbocycles. The first-order valence-corrected chi connectivity index (χ1v) is 5.63. The zero-order valence-corrected chi connectivity index (χ0v) is 10.9. The Morgan fingerprint density at radius 3 is 2.53 bits per heavy atom. The van der Waals surface area contributed by atoms with Crippen molar-refractivity contribution in [3.63, 3.8) is 0 Å². The second-order valence-electron chi connectivity index (χ2n) is 5.25. The number of anilines is 1. The van der Waals surface area contributed by atoms with Crippen LogP contribution in [-0.2, 0) is 4.79 Å². The summed E-state index contributed by atoms with van der Waals surface area (Å²) >= 11 is 0. The maximum absolute atomic E-state index is 13.0. The van der Waals surface area contributed by atoms with Gasteiger partial charge in [-0.3, -0.25) is 14.9 Å². The minimum atomic E-state index is -0.836. The maximum atomic E-state index is 13.0. The van der Waals surface area contributed by atoms with Gasteiger partial charge in [-0.05, 0) is 17.5 Å². The Morgan fingerprint density at radius 2 is 2.05 bits per heavy atom. The molecule has 0 spiro atoms. The maximum Gasteiger partial charge on any atom is 0.295 e. The predicted molar refractivity (Wildman–Crippen MR) is 69.1 cm³/mol. The fourth-order valence-corrected chi connectivity index (χ4v) is 1.37. The highest BCUT2D eigenvalue weighted by molar-refractivity contribution is 5.97. The number of nitro benzene ring substituents is 1. The van der Waals surface area contributed by atoms with Gasteiger partial charge < -0.3 is 11.1 Å². The molecule has 0 saturated heterocycles. The normalized spacial score (nSPS) is 12.9. The SMILES string of the molecule is CC(C)(C)[C@H](N)C(=O)Nc1ccc(F)cc1[N+](=O)[O-]. The molecule has 1 atom stereocenters. The van der Waals surface area contributed by atoms with Gasteiger partial charge in [-0.1, -0.05) is 20.8 Å². The first-order valence-electron chi connectivity index (χ1n) is 5.63. The number of carbonyl (C=O) groups is 1. The average Bonchev–Trinajstić information content (AvgIpc) is 2.28. The molecule has 7 heteroatoms. The molecule has 0 aliphatic rings. The number of hydrogen-bond donors (Lipinski definition) is 2. The van der Waals surface area contributed by atoms with Crippen LogP contribution >= 0.6 is 0 Å². The number of amides is 1. The van der Waals surface area contributed by atoms with Crippen molar-refractivity contribution in [3.05, 3.63) is 34.1 Å². The van der Waals surface area contributed by atoms with Crippen molar-refractivity contribution in [2.45, 2.75) is 26.8 Å². The molecule has 0 bridgehead atoms. The molecule has 0 aliphatic carbocycles. The molecule has 3 N–H and O–H groups in total. The molecule has 19 heavy (non-hydrogen) atoms. The summed E-state index contributed by atoms with van der Waals surface area (Å²) in [6.07, 6.45) is 0. The third-order valence-electron chi connectivity index (χ3n) is 2.63. The summed E-state index contributed by atoms with van der Waals surface area (Å²) in [6.45, 7) is 5.32. The van der Waals surface area contributed by atoms with Gasteiger partial charge in [0.25, 0.3) is 5.69 Å². The van der Waals surface area contributed by atoms with Crippen molar-refractivity contribution in [2.75, 3.05) is 5.32 Å². The van der Waals surface area contributed by atoms with E-state index >= 15 is 0 Å². The van der Waals surface area contributed by atoms with E-state index in [4.69, 9.17) is 5.73 Å². The van der Waals surface area contributed by atoms with Crippen LogP contribution in [0.25, 0.3) is 0 Å². The Hall–Kier alpha value is -2.02. The molecular weight excluding hydrogens is 253 g/mol. The summed E-state index contributed by atoms with van der Waals surface area (Å²) in [5.41, 5.74) is 4.68. The predicted octanol–water partition coefficient (Wildman–Crippen LogP) is 2.05. The minimum Gasteiger partial charge on any atom is -0.319 e. The van der Waals surface area contributed by atoms with Gasteiger partial charge in [-0.25, -0.2) is 4.39 Å². The Labute approximate surface area is 109 Å². The highest BCUT2D eigenvalue weighted by Crippen LogP contribution is 2.26. The van der Waals surface area contributed by atoms with E-state index in [1.807, 2.05) is 0 Å². The minimum absolute atomic E-state index is 0.0731. The monoisotopic (exact) mass is 269 g/mol. The van der Waals surface area contributed by atoms with Gasteiger partial charge >= 0.3 is 0 Å². The average molecular weight is 269 g/mol. The zero-order chi connectivity index (χ0) is 14.8. The van der Waals surface area contributed by atoms with Crippen LogP contribution in [0.15, 0.2) is 18.2 Å². The third-order valence-corrected chi connectivity index (χ3v) is 2.63. The van der Waals surface area contributed by atoms with Crippen molar-refractivity contribution < 1.29 is 14.1 Å². The quantitative estimate of drug-likeness (QED) is 0.648. The highest BCUT2D eigenvalue weighted by Gasteiger charge is 2.29. The summed E-state index contributed by atoms with van der Waals surface area (Å²) in [4.78, 5) is 21.9. The number of nitrogens with one attached hydrogen (secondary N) is 1. The Kier molecular flexibility index (Phi) is 4.21. The van der Waals surface area contributed by atoms with E-state index in [0.29, 0.717) is 0 Å². The molecular formula is C12H16FN3O3. The van der Waals surface area contributed by atoms with Gasteiger partial charge in [0, 0.05) is 0 Å². The smallest absolute Gasteiger partial charge is 0.295 e. The standard InChI is InChI=1S/C12H16FN3O3/c1-12(2,3)10(14)11(17)15-8-5-4-7(13)6-9(8)16(18)19/h4-6,10H,14H2,1-3H3,(H,15,17)/t10-/m1/s1. The van der Waals surface area contributed by atoms with Crippen LogP contribution in [0.1, 0.15) is 20.8 Å². The van der Waals surface area contributed by atoms with Gasteiger partial charge in [-0.15, -0.1) is 0 Å². The van der Waals surface area contributed by atoms with E-state index in [0.717, 1.165) is 18.2 Å². The molecule has 0 unspecified atom stereocenters. The number of nitrogens with two attached hydrogens (primary N) is 1. The summed E-state index contributed by atoms with van der Waals surface area (Å²) in [7, 11) is 0. The lowest BCUT2D eigenvalue weighted by Gasteiger charge is -2.25. The summed E-state index contributed by atoms with van der Waals surface area (Å²) in [6, 6.07) is 2.08. The number of rotatable bonds is 3. The number of carbonyl (C=O) groups excluding carboxylic acids is 1. The molecule has 0 heterocycles. The van der Waals surface area contributed by atoms with Gasteiger partial charge in [0.15, 0.2) is 0 Å². The van der Waals surface area contributed by atoms with Gasteiger partial charge in [-0.2, -0.15) is 0 Å². The van der Waals surface area contributed by atoms with Crippen LogP contribution in [0, 0.1) is 21.3 Å². The topological polar surface area (TPSA) is 98.3 Å². The molecule has 0 aliphatic heterocycles. The second kappa shape index (κ2) is 5.31. The Balaban J connectivity index is 3.00. The third kappa shape index (κ3) is 3.72. The first-order chi connectivity index (χ1) is 8.62. The molecule has 0 aromatic heterocycles. The van der Waals surface area contributed by atoms with Gasteiger partial charge in [0.2, 0.25) is 5.91 Å². The number of benzene rings is 1. The van der Waals surface area contributed by atoms with Crippen LogP contribution < -0.4 is 11.1 Å². The lowest BCUT2D eigenvalue weighted by Crippen LogP contribution is -2.45. The highest BCUT2D eigenvalue weighted by atomic mass is 19.1. The van der Waals surface area contributed by atoms with Crippen LogP contribution in [0.4, 0.5) is 15.8 Å². The number of halogens is 1. The fourth-order valence-electron chi connectivity index (χ4n) is 1.37. The van der Waals surface area contributed by atoms with E-state index in [1.165, 1.54) is 0 Å². The molecule has 104 valence electrons. The largest absolute Gasteiger partial charge is 0.319 e. The van der Waals surface area contributed by atoms with E-state index in [-0.39, 0.29) is 5.69 Å². The number of nitro groups is 1. The van der Waals surface area contributed by atoms with Crippen molar-refractivity contribution >= 4 is 17.3 Å². The van der Waals surface area contributed by atoms with Crippen LogP contribution in [0.3, 0.4) is 0 Å². The molecule has 1 amide bonds. The fraction of sp³-hybridized carbons (Fsp3) is 0.417. The number of nitrogens with zero attached hydrogens (tertiary/aromatic N) is 1.